The smallest absolute Gasteiger partial charge is 0.184 e. The van der Waals surface area contributed by atoms with Gasteiger partial charge in [0.2, 0.25) is 0 Å². The highest BCUT2D eigenvalue weighted by Gasteiger charge is 2.15. The van der Waals surface area contributed by atoms with Crippen LogP contribution in [0.25, 0.3) is 10.2 Å². The number of nitrogens with zero attached hydrogens (tertiary/aromatic N) is 1. The zero-order valence-corrected chi connectivity index (χ0v) is 10.7. The topological polar surface area (TPSA) is 34.1 Å². The van der Waals surface area contributed by atoms with Gasteiger partial charge >= 0.3 is 0 Å². The first kappa shape index (κ1) is 11.0. The molecular weight excluding hydrogens is 232 g/mol. The minimum absolute atomic E-state index is 0.519. The summed E-state index contributed by atoms with van der Waals surface area (Å²) in [6, 6.07) is 6.95. The van der Waals surface area contributed by atoms with Crippen molar-refractivity contribution in [1.82, 2.24) is 4.98 Å². The van der Waals surface area contributed by atoms with Gasteiger partial charge in [0.15, 0.2) is 5.13 Å². The van der Waals surface area contributed by atoms with E-state index in [9.17, 15) is 0 Å². The number of hydrogen-bond donors (Lipinski definition) is 1. The molecule has 0 spiro atoms. The fourth-order valence-corrected chi connectivity index (χ4v) is 3.04. The lowest BCUT2D eigenvalue weighted by Crippen LogP contribution is -2.27. The minimum atomic E-state index is 0.519. The molecule has 1 aromatic carbocycles. The molecule has 3 rings (SSSR count). The van der Waals surface area contributed by atoms with Crippen molar-refractivity contribution in [1.29, 1.82) is 0 Å². The summed E-state index contributed by atoms with van der Waals surface area (Å²) in [4.78, 5) is 4.63. The molecular formula is C13H16N2OS. The summed E-state index contributed by atoms with van der Waals surface area (Å²) in [5.74, 6) is 0. The Bertz CT molecular complexity index is 517. The minimum Gasteiger partial charge on any atom is -0.381 e. The van der Waals surface area contributed by atoms with Gasteiger partial charge in [-0.1, -0.05) is 17.4 Å². The van der Waals surface area contributed by atoms with E-state index in [2.05, 4.69) is 35.4 Å². The van der Waals surface area contributed by atoms with Gasteiger partial charge < -0.3 is 10.1 Å². The molecule has 1 aliphatic rings. The van der Waals surface area contributed by atoms with Crippen molar-refractivity contribution >= 4 is 26.7 Å². The Hall–Kier alpha value is -1.13. The highest BCUT2D eigenvalue weighted by molar-refractivity contribution is 7.22. The van der Waals surface area contributed by atoms with Crippen molar-refractivity contribution in [3.8, 4) is 0 Å². The summed E-state index contributed by atoms with van der Waals surface area (Å²) in [5.41, 5.74) is 2.37. The van der Waals surface area contributed by atoms with Crippen molar-refractivity contribution in [3.05, 3.63) is 23.8 Å². The maximum absolute atomic E-state index is 5.36. The summed E-state index contributed by atoms with van der Waals surface area (Å²) < 4.78 is 6.61. The lowest BCUT2D eigenvalue weighted by Gasteiger charge is -2.22. The zero-order chi connectivity index (χ0) is 11.7. The van der Waals surface area contributed by atoms with E-state index >= 15 is 0 Å². The molecule has 1 fully saturated rings. The zero-order valence-electron chi connectivity index (χ0n) is 9.90. The Morgan fingerprint density at radius 1 is 1.35 bits per heavy atom. The Morgan fingerprint density at radius 3 is 3.00 bits per heavy atom. The largest absolute Gasteiger partial charge is 0.381 e. The Balaban J connectivity index is 1.80. The number of aromatic nitrogens is 1. The Labute approximate surface area is 105 Å². The SMILES string of the molecule is Cc1ccc2sc(NC3CCOCC3)nc2c1. The number of nitrogens with one attached hydrogen (secondary N) is 1. The van der Waals surface area contributed by atoms with Gasteiger partial charge in [0.1, 0.15) is 0 Å². The van der Waals surface area contributed by atoms with Crippen LogP contribution in [0.3, 0.4) is 0 Å². The molecule has 2 heterocycles. The first-order chi connectivity index (χ1) is 8.31. The van der Waals surface area contributed by atoms with Crippen LogP contribution in [-0.2, 0) is 4.74 Å². The molecule has 1 N–H and O–H groups in total. The second-order valence-electron chi connectivity index (χ2n) is 4.52. The van der Waals surface area contributed by atoms with Gasteiger partial charge in [0.25, 0.3) is 0 Å². The van der Waals surface area contributed by atoms with Crippen LogP contribution in [0.15, 0.2) is 18.2 Å². The Morgan fingerprint density at radius 2 is 2.18 bits per heavy atom. The van der Waals surface area contributed by atoms with Gasteiger partial charge in [0, 0.05) is 19.3 Å². The van der Waals surface area contributed by atoms with E-state index in [4.69, 9.17) is 4.74 Å². The molecule has 2 aromatic rings. The van der Waals surface area contributed by atoms with Gasteiger partial charge in [-0.25, -0.2) is 4.98 Å². The van der Waals surface area contributed by atoms with E-state index in [0.717, 1.165) is 36.7 Å². The molecule has 90 valence electrons. The van der Waals surface area contributed by atoms with Crippen molar-refractivity contribution in [3.63, 3.8) is 0 Å². The number of hydrogen-bond acceptors (Lipinski definition) is 4. The third-order valence-electron chi connectivity index (χ3n) is 3.09. The van der Waals surface area contributed by atoms with Crippen LogP contribution in [0.2, 0.25) is 0 Å². The van der Waals surface area contributed by atoms with Crippen molar-refractivity contribution in [2.75, 3.05) is 18.5 Å². The molecule has 0 radical (unpaired) electrons. The summed E-state index contributed by atoms with van der Waals surface area (Å²) in [6.45, 7) is 3.83. The molecule has 0 amide bonds. The van der Waals surface area contributed by atoms with Crippen LogP contribution in [0.4, 0.5) is 5.13 Å². The molecule has 1 aliphatic heterocycles. The molecule has 1 aromatic heterocycles. The predicted octanol–water partition coefficient (Wildman–Crippen LogP) is 3.20. The third kappa shape index (κ3) is 2.42. The fraction of sp³-hybridized carbons (Fsp3) is 0.462. The number of fused-ring (bicyclic) bond motifs is 1. The molecule has 0 saturated carbocycles. The van der Waals surface area contributed by atoms with E-state index in [1.165, 1.54) is 10.3 Å². The van der Waals surface area contributed by atoms with Crippen LogP contribution >= 0.6 is 11.3 Å². The normalized spacial score (nSPS) is 17.5. The summed E-state index contributed by atoms with van der Waals surface area (Å²) in [7, 11) is 0. The number of ether oxygens (including phenoxy) is 1. The number of aryl methyl sites for hydroxylation is 1. The van der Waals surface area contributed by atoms with Gasteiger partial charge in [0.05, 0.1) is 10.2 Å². The van der Waals surface area contributed by atoms with Crippen LogP contribution in [0.1, 0.15) is 18.4 Å². The molecule has 3 nitrogen and oxygen atoms in total. The van der Waals surface area contributed by atoms with E-state index in [1.54, 1.807) is 11.3 Å². The van der Waals surface area contributed by atoms with E-state index < -0.39 is 0 Å². The van der Waals surface area contributed by atoms with Gasteiger partial charge in [-0.05, 0) is 37.5 Å². The third-order valence-corrected chi connectivity index (χ3v) is 4.06. The highest BCUT2D eigenvalue weighted by atomic mass is 32.1. The lowest BCUT2D eigenvalue weighted by atomic mass is 10.1. The summed E-state index contributed by atoms with van der Waals surface area (Å²) in [5, 5.41) is 4.56. The highest BCUT2D eigenvalue weighted by Crippen LogP contribution is 2.27. The molecule has 0 atom stereocenters. The Kier molecular flexibility index (Phi) is 2.99. The van der Waals surface area contributed by atoms with Crippen molar-refractivity contribution < 1.29 is 4.74 Å². The van der Waals surface area contributed by atoms with Crippen molar-refractivity contribution in [2.24, 2.45) is 0 Å². The molecule has 17 heavy (non-hydrogen) atoms. The second kappa shape index (κ2) is 4.63. The molecule has 4 heteroatoms. The molecule has 0 aliphatic carbocycles. The number of thiazole rings is 1. The van der Waals surface area contributed by atoms with Gasteiger partial charge in [-0.2, -0.15) is 0 Å². The quantitative estimate of drug-likeness (QED) is 0.886. The molecule has 0 bridgehead atoms. The summed E-state index contributed by atoms with van der Waals surface area (Å²) >= 11 is 1.74. The predicted molar refractivity (Wildman–Crippen MR) is 71.8 cm³/mol. The maximum atomic E-state index is 5.36. The van der Waals surface area contributed by atoms with Crippen LogP contribution in [0, 0.1) is 6.92 Å². The van der Waals surface area contributed by atoms with E-state index in [-0.39, 0.29) is 0 Å². The van der Waals surface area contributed by atoms with Crippen LogP contribution < -0.4 is 5.32 Å². The summed E-state index contributed by atoms with van der Waals surface area (Å²) in [6.07, 6.45) is 2.16. The molecule has 0 unspecified atom stereocenters. The van der Waals surface area contributed by atoms with Gasteiger partial charge in [-0.15, -0.1) is 0 Å². The number of anilines is 1. The van der Waals surface area contributed by atoms with Crippen LogP contribution in [-0.4, -0.2) is 24.2 Å². The number of rotatable bonds is 2. The molecule has 1 saturated heterocycles. The average molecular weight is 248 g/mol. The maximum Gasteiger partial charge on any atom is 0.184 e. The number of benzene rings is 1. The second-order valence-corrected chi connectivity index (χ2v) is 5.55. The fourth-order valence-electron chi connectivity index (χ4n) is 2.12. The van der Waals surface area contributed by atoms with E-state index in [0.29, 0.717) is 6.04 Å². The van der Waals surface area contributed by atoms with E-state index in [1.807, 2.05) is 0 Å². The van der Waals surface area contributed by atoms with Crippen LogP contribution in [0.5, 0.6) is 0 Å². The monoisotopic (exact) mass is 248 g/mol. The lowest BCUT2D eigenvalue weighted by molar-refractivity contribution is 0.0904. The van der Waals surface area contributed by atoms with Gasteiger partial charge in [-0.3, -0.25) is 0 Å². The first-order valence-corrected chi connectivity index (χ1v) is 6.84. The van der Waals surface area contributed by atoms with Crippen molar-refractivity contribution in [2.45, 2.75) is 25.8 Å². The average Bonchev–Trinajstić information content (AvgIpc) is 2.71. The standard InChI is InChI=1S/C13H16N2OS/c1-9-2-3-12-11(8-9)15-13(17-12)14-10-4-6-16-7-5-10/h2-3,8,10H,4-7H2,1H3,(H,14,15). The first-order valence-electron chi connectivity index (χ1n) is 6.03.